The second-order valence-electron chi connectivity index (χ2n) is 5.39. The second-order valence-corrected chi connectivity index (χ2v) is 5.69. The number of nitrogens with zero attached hydrogens (tertiary/aromatic N) is 1. The average molecular weight is 262 g/mol. The van der Waals surface area contributed by atoms with Crippen molar-refractivity contribution < 1.29 is 9.53 Å². The van der Waals surface area contributed by atoms with E-state index in [0.717, 1.165) is 19.3 Å². The molecule has 1 amide bonds. The summed E-state index contributed by atoms with van der Waals surface area (Å²) >= 11 is 5.84. The minimum Gasteiger partial charge on any atom is -0.367 e. The van der Waals surface area contributed by atoms with Gasteiger partial charge in [0.05, 0.1) is 17.6 Å². The van der Waals surface area contributed by atoms with E-state index in [1.165, 1.54) is 0 Å². The Kier molecular flexibility index (Phi) is 5.74. The van der Waals surface area contributed by atoms with Crippen LogP contribution in [-0.4, -0.2) is 41.5 Å². The molecule has 0 aliphatic carbocycles. The van der Waals surface area contributed by atoms with Gasteiger partial charge in [0.15, 0.2) is 0 Å². The molecule has 1 aliphatic rings. The van der Waals surface area contributed by atoms with Crippen LogP contribution >= 0.6 is 11.6 Å². The number of carbonyl (C=O) groups excluding carboxylic acids is 1. The van der Waals surface area contributed by atoms with Crippen LogP contribution in [-0.2, 0) is 9.53 Å². The zero-order chi connectivity index (χ0) is 12.9. The fourth-order valence-corrected chi connectivity index (χ4v) is 2.41. The summed E-state index contributed by atoms with van der Waals surface area (Å²) in [6.45, 7) is 7.48. The molecule has 1 atom stereocenters. The van der Waals surface area contributed by atoms with E-state index >= 15 is 0 Å². The number of halogens is 1. The number of alkyl halides is 1. The number of amides is 1. The largest absolute Gasteiger partial charge is 0.367 e. The van der Waals surface area contributed by atoms with Crippen molar-refractivity contribution in [1.29, 1.82) is 0 Å². The first-order chi connectivity index (χ1) is 7.98. The Bertz CT molecular complexity index is 256. The SMILES string of the molecule is CCCCCC(=O)N1CC(CCl)OC(C)(C)C1. The van der Waals surface area contributed by atoms with Crippen LogP contribution in [0.2, 0.25) is 0 Å². The normalized spacial score (nSPS) is 23.8. The molecule has 0 aromatic carbocycles. The van der Waals surface area contributed by atoms with E-state index < -0.39 is 0 Å². The van der Waals surface area contributed by atoms with Gasteiger partial charge < -0.3 is 9.64 Å². The standard InChI is InChI=1S/C13H24ClNO2/c1-4-5-6-7-12(16)15-9-11(8-14)17-13(2,3)10-15/h11H,4-10H2,1-3H3. The van der Waals surface area contributed by atoms with E-state index in [2.05, 4.69) is 6.92 Å². The van der Waals surface area contributed by atoms with Crippen LogP contribution in [0.4, 0.5) is 0 Å². The summed E-state index contributed by atoms with van der Waals surface area (Å²) < 4.78 is 5.80. The molecule has 1 rings (SSSR count). The van der Waals surface area contributed by atoms with E-state index in [1.54, 1.807) is 0 Å². The quantitative estimate of drug-likeness (QED) is 0.563. The molecule has 0 N–H and O–H groups in total. The van der Waals surface area contributed by atoms with Crippen molar-refractivity contribution in [3.63, 3.8) is 0 Å². The number of rotatable bonds is 5. The molecule has 0 aromatic rings. The van der Waals surface area contributed by atoms with Crippen molar-refractivity contribution in [2.24, 2.45) is 0 Å². The molecular formula is C13H24ClNO2. The summed E-state index contributed by atoms with van der Waals surface area (Å²) in [7, 11) is 0. The lowest BCUT2D eigenvalue weighted by molar-refractivity contribution is -0.157. The summed E-state index contributed by atoms with van der Waals surface area (Å²) in [6, 6.07) is 0. The number of morpholine rings is 1. The highest BCUT2D eigenvalue weighted by molar-refractivity contribution is 6.18. The molecule has 0 radical (unpaired) electrons. The first kappa shape index (κ1) is 14.8. The lowest BCUT2D eigenvalue weighted by Crippen LogP contribution is -2.55. The Labute approximate surface area is 109 Å². The van der Waals surface area contributed by atoms with Crippen molar-refractivity contribution in [3.8, 4) is 0 Å². The molecule has 3 nitrogen and oxygen atoms in total. The highest BCUT2D eigenvalue weighted by Gasteiger charge is 2.34. The third-order valence-corrected chi connectivity index (χ3v) is 3.34. The van der Waals surface area contributed by atoms with E-state index in [4.69, 9.17) is 16.3 Å². The van der Waals surface area contributed by atoms with Gasteiger partial charge in [0.25, 0.3) is 0 Å². The van der Waals surface area contributed by atoms with Crippen LogP contribution in [0.15, 0.2) is 0 Å². The van der Waals surface area contributed by atoms with Crippen LogP contribution in [0.5, 0.6) is 0 Å². The van der Waals surface area contributed by atoms with Gasteiger partial charge in [-0.1, -0.05) is 19.8 Å². The summed E-state index contributed by atoms with van der Waals surface area (Å²) in [6.07, 6.45) is 3.87. The Balaban J connectivity index is 2.48. The van der Waals surface area contributed by atoms with Crippen LogP contribution in [0.25, 0.3) is 0 Å². The molecule has 0 aromatic heterocycles. The van der Waals surface area contributed by atoms with Crippen molar-refractivity contribution in [1.82, 2.24) is 4.90 Å². The van der Waals surface area contributed by atoms with Gasteiger partial charge >= 0.3 is 0 Å². The summed E-state index contributed by atoms with van der Waals surface area (Å²) in [5.74, 6) is 0.687. The van der Waals surface area contributed by atoms with Gasteiger partial charge in [-0.15, -0.1) is 11.6 Å². The van der Waals surface area contributed by atoms with Crippen molar-refractivity contribution in [3.05, 3.63) is 0 Å². The molecule has 1 heterocycles. The molecule has 1 aliphatic heterocycles. The van der Waals surface area contributed by atoms with Gasteiger partial charge in [-0.05, 0) is 20.3 Å². The molecule has 1 saturated heterocycles. The van der Waals surface area contributed by atoms with Crippen LogP contribution in [0.1, 0.15) is 46.5 Å². The van der Waals surface area contributed by atoms with Gasteiger partial charge in [0, 0.05) is 19.5 Å². The Morgan fingerprint density at radius 3 is 2.76 bits per heavy atom. The summed E-state index contributed by atoms with van der Waals surface area (Å²) in [5, 5.41) is 0. The number of carbonyl (C=O) groups is 1. The summed E-state index contributed by atoms with van der Waals surface area (Å²) in [5.41, 5.74) is -0.280. The molecular weight excluding hydrogens is 238 g/mol. The predicted molar refractivity (Wildman–Crippen MR) is 70.4 cm³/mol. The fraction of sp³-hybridized carbons (Fsp3) is 0.923. The van der Waals surface area contributed by atoms with Crippen LogP contribution < -0.4 is 0 Å². The van der Waals surface area contributed by atoms with Gasteiger partial charge in [-0.3, -0.25) is 4.79 Å². The number of hydrogen-bond donors (Lipinski definition) is 0. The lowest BCUT2D eigenvalue weighted by Gasteiger charge is -2.42. The van der Waals surface area contributed by atoms with Gasteiger partial charge in [0.1, 0.15) is 0 Å². The van der Waals surface area contributed by atoms with E-state index in [1.807, 2.05) is 18.7 Å². The Morgan fingerprint density at radius 1 is 1.47 bits per heavy atom. The molecule has 1 unspecified atom stereocenters. The molecule has 0 spiro atoms. The van der Waals surface area contributed by atoms with E-state index in [-0.39, 0.29) is 17.6 Å². The number of hydrogen-bond acceptors (Lipinski definition) is 2. The first-order valence-electron chi connectivity index (χ1n) is 6.50. The third kappa shape index (κ3) is 4.84. The third-order valence-electron chi connectivity index (χ3n) is 3.00. The Hall–Kier alpha value is -0.280. The number of unbranched alkanes of at least 4 members (excludes halogenated alkanes) is 2. The zero-order valence-corrected chi connectivity index (χ0v) is 11.9. The Morgan fingerprint density at radius 2 is 2.18 bits per heavy atom. The zero-order valence-electron chi connectivity index (χ0n) is 11.2. The van der Waals surface area contributed by atoms with E-state index in [0.29, 0.717) is 25.4 Å². The fourth-order valence-electron chi connectivity index (χ4n) is 2.25. The molecule has 100 valence electrons. The highest BCUT2D eigenvalue weighted by atomic mass is 35.5. The smallest absolute Gasteiger partial charge is 0.222 e. The minimum absolute atomic E-state index is 0.0319. The molecule has 0 saturated carbocycles. The van der Waals surface area contributed by atoms with Crippen LogP contribution in [0, 0.1) is 0 Å². The maximum Gasteiger partial charge on any atom is 0.222 e. The maximum atomic E-state index is 12.0. The second kappa shape index (κ2) is 6.60. The van der Waals surface area contributed by atoms with Gasteiger partial charge in [-0.2, -0.15) is 0 Å². The highest BCUT2D eigenvalue weighted by Crippen LogP contribution is 2.22. The van der Waals surface area contributed by atoms with Crippen molar-refractivity contribution in [2.45, 2.75) is 58.2 Å². The lowest BCUT2D eigenvalue weighted by atomic mass is 10.0. The monoisotopic (exact) mass is 261 g/mol. The minimum atomic E-state index is -0.280. The molecule has 1 fully saturated rings. The van der Waals surface area contributed by atoms with Crippen molar-refractivity contribution in [2.75, 3.05) is 19.0 Å². The van der Waals surface area contributed by atoms with Gasteiger partial charge in [-0.25, -0.2) is 0 Å². The molecule has 0 bridgehead atoms. The molecule has 17 heavy (non-hydrogen) atoms. The molecule has 4 heteroatoms. The predicted octanol–water partition coefficient (Wildman–Crippen LogP) is 2.81. The average Bonchev–Trinajstić information content (AvgIpc) is 2.27. The number of ether oxygens (including phenoxy) is 1. The summed E-state index contributed by atoms with van der Waals surface area (Å²) in [4.78, 5) is 14.0. The first-order valence-corrected chi connectivity index (χ1v) is 7.03. The van der Waals surface area contributed by atoms with Gasteiger partial charge in [0.2, 0.25) is 5.91 Å². The van der Waals surface area contributed by atoms with Crippen LogP contribution in [0.3, 0.4) is 0 Å². The van der Waals surface area contributed by atoms with E-state index in [9.17, 15) is 4.79 Å². The maximum absolute atomic E-state index is 12.0. The van der Waals surface area contributed by atoms with Crippen molar-refractivity contribution >= 4 is 17.5 Å². The topological polar surface area (TPSA) is 29.5 Å².